The van der Waals surface area contributed by atoms with Gasteiger partial charge in [0, 0.05) is 23.9 Å². The third kappa shape index (κ3) is 2.82. The lowest BCUT2D eigenvalue weighted by Gasteiger charge is -2.32. The van der Waals surface area contributed by atoms with Crippen LogP contribution < -0.4 is 5.32 Å². The van der Waals surface area contributed by atoms with E-state index in [-0.39, 0.29) is 0 Å². The van der Waals surface area contributed by atoms with Crippen LogP contribution in [0.2, 0.25) is 0 Å². The Morgan fingerprint density at radius 1 is 1.31 bits per heavy atom. The van der Waals surface area contributed by atoms with Crippen LogP contribution in [-0.2, 0) is 6.42 Å². The number of nitrogens with zero attached hydrogens (tertiary/aromatic N) is 1. The van der Waals surface area contributed by atoms with Gasteiger partial charge in [0.1, 0.15) is 0 Å². The molecule has 1 aliphatic heterocycles. The summed E-state index contributed by atoms with van der Waals surface area (Å²) >= 11 is 0. The second-order valence-corrected chi connectivity index (χ2v) is 4.87. The quantitative estimate of drug-likeness (QED) is 0.843. The lowest BCUT2D eigenvalue weighted by atomic mass is 9.86. The van der Waals surface area contributed by atoms with E-state index in [1.165, 1.54) is 44.3 Å². The average molecular weight is 218 g/mol. The first-order chi connectivity index (χ1) is 7.85. The van der Waals surface area contributed by atoms with Crippen LogP contribution in [0.25, 0.3) is 0 Å². The van der Waals surface area contributed by atoms with Gasteiger partial charge in [0.05, 0.1) is 0 Å². The lowest BCUT2D eigenvalue weighted by molar-refractivity contribution is 0.299. The number of aromatic nitrogens is 1. The Bertz CT molecular complexity index is 300. The van der Waals surface area contributed by atoms with Crippen molar-refractivity contribution in [3.05, 3.63) is 30.1 Å². The Morgan fingerprint density at radius 3 is 3.00 bits per heavy atom. The van der Waals surface area contributed by atoms with Crippen LogP contribution in [0.5, 0.6) is 0 Å². The smallest absolute Gasteiger partial charge is 0.0421 e. The molecule has 0 bridgehead atoms. The summed E-state index contributed by atoms with van der Waals surface area (Å²) in [6.07, 6.45) is 9.51. The normalized spacial score (nSPS) is 26.3. The van der Waals surface area contributed by atoms with Gasteiger partial charge in [-0.05, 0) is 37.9 Å². The SMILES string of the molecule is CCC1(Cc2ccccn2)CCCCCN1. The van der Waals surface area contributed by atoms with Gasteiger partial charge in [0.2, 0.25) is 0 Å². The standard InChI is InChI=1S/C14H22N2/c1-2-14(9-5-3-6-11-16-14)12-13-8-4-7-10-15-13/h4,7-8,10,16H,2-3,5-6,9,11-12H2,1H3. The predicted octanol–water partition coefficient (Wildman–Crippen LogP) is 2.94. The van der Waals surface area contributed by atoms with E-state index < -0.39 is 0 Å². The summed E-state index contributed by atoms with van der Waals surface area (Å²) in [5.41, 5.74) is 1.52. The molecule has 2 heterocycles. The molecule has 1 aliphatic rings. The minimum atomic E-state index is 0.296. The number of rotatable bonds is 3. The second kappa shape index (κ2) is 5.44. The molecule has 2 heteroatoms. The number of nitrogens with one attached hydrogen (secondary N) is 1. The van der Waals surface area contributed by atoms with Crippen LogP contribution in [0.1, 0.15) is 44.7 Å². The Hall–Kier alpha value is -0.890. The molecule has 1 saturated heterocycles. The molecule has 0 aliphatic carbocycles. The molecule has 88 valence electrons. The summed E-state index contributed by atoms with van der Waals surface area (Å²) in [7, 11) is 0. The molecule has 1 N–H and O–H groups in total. The molecule has 1 fully saturated rings. The molecule has 1 unspecified atom stereocenters. The maximum absolute atomic E-state index is 4.46. The van der Waals surface area contributed by atoms with E-state index in [2.05, 4.69) is 29.4 Å². The van der Waals surface area contributed by atoms with Crippen LogP contribution in [0, 0.1) is 0 Å². The first-order valence-corrected chi connectivity index (χ1v) is 6.50. The molecule has 0 saturated carbocycles. The molecule has 1 aromatic rings. The van der Waals surface area contributed by atoms with E-state index in [1.54, 1.807) is 0 Å². The van der Waals surface area contributed by atoms with Crippen LogP contribution in [-0.4, -0.2) is 17.1 Å². The van der Waals surface area contributed by atoms with Crippen molar-refractivity contribution in [1.82, 2.24) is 10.3 Å². The molecule has 0 aromatic carbocycles. The molecular weight excluding hydrogens is 196 g/mol. The molecule has 2 nitrogen and oxygen atoms in total. The van der Waals surface area contributed by atoms with Crippen molar-refractivity contribution in [2.75, 3.05) is 6.54 Å². The summed E-state index contributed by atoms with van der Waals surface area (Å²) in [6.45, 7) is 3.46. The van der Waals surface area contributed by atoms with E-state index in [0.29, 0.717) is 5.54 Å². The van der Waals surface area contributed by atoms with Crippen molar-refractivity contribution in [3.8, 4) is 0 Å². The highest BCUT2D eigenvalue weighted by atomic mass is 15.0. The topological polar surface area (TPSA) is 24.9 Å². The fourth-order valence-electron chi connectivity index (χ4n) is 2.63. The Morgan fingerprint density at radius 2 is 2.25 bits per heavy atom. The van der Waals surface area contributed by atoms with Gasteiger partial charge < -0.3 is 5.32 Å². The largest absolute Gasteiger partial charge is 0.311 e. The monoisotopic (exact) mass is 218 g/mol. The highest BCUT2D eigenvalue weighted by molar-refractivity contribution is 5.09. The molecule has 0 amide bonds. The van der Waals surface area contributed by atoms with Gasteiger partial charge in [0.15, 0.2) is 0 Å². The molecule has 2 rings (SSSR count). The number of hydrogen-bond acceptors (Lipinski definition) is 2. The minimum absolute atomic E-state index is 0.296. The minimum Gasteiger partial charge on any atom is -0.311 e. The summed E-state index contributed by atoms with van der Waals surface area (Å²) in [4.78, 5) is 4.46. The van der Waals surface area contributed by atoms with E-state index in [9.17, 15) is 0 Å². The van der Waals surface area contributed by atoms with Crippen LogP contribution in [0.4, 0.5) is 0 Å². The van der Waals surface area contributed by atoms with Gasteiger partial charge in [-0.25, -0.2) is 0 Å². The molecule has 0 spiro atoms. The fraction of sp³-hybridized carbons (Fsp3) is 0.643. The zero-order valence-corrected chi connectivity index (χ0v) is 10.2. The van der Waals surface area contributed by atoms with Crippen molar-refractivity contribution in [3.63, 3.8) is 0 Å². The van der Waals surface area contributed by atoms with Crippen molar-refractivity contribution in [1.29, 1.82) is 0 Å². The van der Waals surface area contributed by atoms with E-state index in [1.807, 2.05) is 12.3 Å². The van der Waals surface area contributed by atoms with Gasteiger partial charge in [-0.3, -0.25) is 4.98 Å². The zero-order chi connectivity index (χ0) is 11.3. The van der Waals surface area contributed by atoms with Gasteiger partial charge in [-0.2, -0.15) is 0 Å². The maximum atomic E-state index is 4.46. The zero-order valence-electron chi connectivity index (χ0n) is 10.2. The van der Waals surface area contributed by atoms with E-state index in [4.69, 9.17) is 0 Å². The average Bonchev–Trinajstić information content (AvgIpc) is 2.57. The third-order valence-corrected chi connectivity index (χ3v) is 3.75. The fourth-order valence-corrected chi connectivity index (χ4v) is 2.63. The van der Waals surface area contributed by atoms with Crippen molar-refractivity contribution in [2.24, 2.45) is 0 Å². The maximum Gasteiger partial charge on any atom is 0.0421 e. The van der Waals surface area contributed by atoms with Crippen molar-refractivity contribution in [2.45, 2.75) is 51.0 Å². The highest BCUT2D eigenvalue weighted by Crippen LogP contribution is 2.25. The number of pyridine rings is 1. The van der Waals surface area contributed by atoms with Crippen LogP contribution >= 0.6 is 0 Å². The van der Waals surface area contributed by atoms with Gasteiger partial charge >= 0.3 is 0 Å². The first kappa shape index (κ1) is 11.6. The summed E-state index contributed by atoms with van der Waals surface area (Å²) in [5.74, 6) is 0. The van der Waals surface area contributed by atoms with Crippen molar-refractivity contribution >= 4 is 0 Å². The van der Waals surface area contributed by atoms with Crippen LogP contribution in [0.3, 0.4) is 0 Å². The van der Waals surface area contributed by atoms with Crippen LogP contribution in [0.15, 0.2) is 24.4 Å². The molecule has 0 radical (unpaired) electrons. The Balaban J connectivity index is 2.08. The Kier molecular flexibility index (Phi) is 3.94. The number of hydrogen-bond donors (Lipinski definition) is 1. The van der Waals surface area contributed by atoms with Gasteiger partial charge in [-0.15, -0.1) is 0 Å². The van der Waals surface area contributed by atoms with Gasteiger partial charge in [-0.1, -0.05) is 25.8 Å². The third-order valence-electron chi connectivity index (χ3n) is 3.75. The van der Waals surface area contributed by atoms with Gasteiger partial charge in [0.25, 0.3) is 0 Å². The van der Waals surface area contributed by atoms with E-state index >= 15 is 0 Å². The highest BCUT2D eigenvalue weighted by Gasteiger charge is 2.29. The van der Waals surface area contributed by atoms with Crippen molar-refractivity contribution < 1.29 is 0 Å². The molecule has 1 aromatic heterocycles. The lowest BCUT2D eigenvalue weighted by Crippen LogP contribution is -2.46. The first-order valence-electron chi connectivity index (χ1n) is 6.50. The molecule has 16 heavy (non-hydrogen) atoms. The summed E-state index contributed by atoms with van der Waals surface area (Å²) in [6, 6.07) is 6.22. The molecular formula is C14H22N2. The molecule has 1 atom stereocenters. The summed E-state index contributed by atoms with van der Waals surface area (Å²) in [5, 5.41) is 3.75. The summed E-state index contributed by atoms with van der Waals surface area (Å²) < 4.78 is 0. The second-order valence-electron chi connectivity index (χ2n) is 4.87. The Labute approximate surface area is 98.5 Å². The van der Waals surface area contributed by atoms with E-state index in [0.717, 1.165) is 6.42 Å². The predicted molar refractivity (Wildman–Crippen MR) is 67.4 cm³/mol.